The summed E-state index contributed by atoms with van der Waals surface area (Å²) >= 11 is 1.59. The Hall–Kier alpha value is -0.420. The largest absolute Gasteiger partial charge is 0.386 e. The smallest absolute Gasteiger partial charge is 0.101 e. The topological polar surface area (TPSA) is 35.5 Å². The van der Waals surface area contributed by atoms with Crippen LogP contribution in [-0.4, -0.2) is 42.7 Å². The van der Waals surface area contributed by atoms with Gasteiger partial charge in [0, 0.05) is 23.5 Å². The zero-order valence-electron chi connectivity index (χ0n) is 10.5. The van der Waals surface area contributed by atoms with Crippen LogP contribution < -0.4 is 5.32 Å². The first-order chi connectivity index (χ1) is 7.43. The standard InChI is InChI=1S/C12H22N2OS/c1-12(2,14(3)4)9-13-8-10(15)11-6-5-7-16-11/h5-7,10,13,15H,8-9H2,1-4H3. The number of thiophene rings is 1. The lowest BCUT2D eigenvalue weighted by Gasteiger charge is -2.33. The molecule has 1 atom stereocenters. The molecule has 92 valence electrons. The molecule has 1 heterocycles. The molecule has 1 unspecified atom stereocenters. The predicted molar refractivity (Wildman–Crippen MR) is 69.9 cm³/mol. The highest BCUT2D eigenvalue weighted by molar-refractivity contribution is 7.10. The van der Waals surface area contributed by atoms with Crippen LogP contribution in [0.2, 0.25) is 0 Å². The van der Waals surface area contributed by atoms with Gasteiger partial charge in [0.05, 0.1) is 0 Å². The lowest BCUT2D eigenvalue weighted by Crippen LogP contribution is -2.47. The summed E-state index contributed by atoms with van der Waals surface area (Å²) in [5.41, 5.74) is 0.106. The molecule has 0 aromatic carbocycles. The maximum Gasteiger partial charge on any atom is 0.101 e. The Balaban J connectivity index is 2.31. The van der Waals surface area contributed by atoms with Crippen LogP contribution in [0.25, 0.3) is 0 Å². The zero-order chi connectivity index (χ0) is 12.2. The average molecular weight is 242 g/mol. The number of nitrogens with zero attached hydrogens (tertiary/aromatic N) is 1. The van der Waals surface area contributed by atoms with Crippen molar-refractivity contribution < 1.29 is 5.11 Å². The minimum Gasteiger partial charge on any atom is -0.386 e. The molecule has 16 heavy (non-hydrogen) atoms. The van der Waals surface area contributed by atoms with E-state index in [1.165, 1.54) is 0 Å². The molecule has 4 heteroatoms. The van der Waals surface area contributed by atoms with Crippen molar-refractivity contribution in [1.82, 2.24) is 10.2 Å². The Labute approximate surface area is 102 Å². The van der Waals surface area contributed by atoms with Gasteiger partial charge >= 0.3 is 0 Å². The van der Waals surface area contributed by atoms with Gasteiger partial charge in [-0.15, -0.1) is 11.3 Å². The van der Waals surface area contributed by atoms with Gasteiger partial charge in [-0.2, -0.15) is 0 Å². The summed E-state index contributed by atoms with van der Waals surface area (Å²) in [6.45, 7) is 5.83. The van der Waals surface area contributed by atoms with E-state index in [0.29, 0.717) is 6.54 Å². The molecule has 1 rings (SSSR count). The first-order valence-electron chi connectivity index (χ1n) is 5.53. The second kappa shape index (κ2) is 5.77. The number of likely N-dealkylation sites (N-methyl/N-ethyl adjacent to an activating group) is 1. The van der Waals surface area contributed by atoms with E-state index in [-0.39, 0.29) is 5.54 Å². The van der Waals surface area contributed by atoms with E-state index >= 15 is 0 Å². The fourth-order valence-electron chi connectivity index (χ4n) is 1.25. The minimum absolute atomic E-state index is 0.106. The van der Waals surface area contributed by atoms with Crippen molar-refractivity contribution in [2.45, 2.75) is 25.5 Å². The average Bonchev–Trinajstić information content (AvgIpc) is 2.69. The van der Waals surface area contributed by atoms with Crippen molar-refractivity contribution in [2.24, 2.45) is 0 Å². The third kappa shape index (κ3) is 3.87. The lowest BCUT2D eigenvalue weighted by atomic mass is 10.0. The van der Waals surface area contributed by atoms with Crippen molar-refractivity contribution in [3.8, 4) is 0 Å². The summed E-state index contributed by atoms with van der Waals surface area (Å²) in [4.78, 5) is 3.20. The molecule has 0 aliphatic heterocycles. The monoisotopic (exact) mass is 242 g/mol. The normalized spacial score (nSPS) is 14.4. The number of rotatable bonds is 6. The Morgan fingerprint density at radius 1 is 1.50 bits per heavy atom. The molecule has 0 amide bonds. The van der Waals surface area contributed by atoms with Crippen LogP contribution in [0.4, 0.5) is 0 Å². The molecule has 1 aromatic heterocycles. The van der Waals surface area contributed by atoms with Gasteiger partial charge in [0.1, 0.15) is 6.10 Å². The van der Waals surface area contributed by atoms with Crippen LogP contribution in [0.3, 0.4) is 0 Å². The van der Waals surface area contributed by atoms with Gasteiger partial charge in [-0.3, -0.25) is 0 Å². The molecular formula is C12H22N2OS. The number of hydrogen-bond acceptors (Lipinski definition) is 4. The molecule has 1 aromatic rings. The van der Waals surface area contributed by atoms with Crippen LogP contribution in [0, 0.1) is 0 Å². The van der Waals surface area contributed by atoms with Gasteiger partial charge in [0.25, 0.3) is 0 Å². The van der Waals surface area contributed by atoms with Crippen molar-refractivity contribution in [3.63, 3.8) is 0 Å². The minimum atomic E-state index is -0.391. The lowest BCUT2D eigenvalue weighted by molar-refractivity contribution is 0.154. The fraction of sp³-hybridized carbons (Fsp3) is 0.667. The third-order valence-electron chi connectivity index (χ3n) is 2.98. The number of aliphatic hydroxyl groups excluding tert-OH is 1. The van der Waals surface area contributed by atoms with E-state index in [1.54, 1.807) is 11.3 Å². The molecule has 0 fully saturated rings. The van der Waals surface area contributed by atoms with Crippen LogP contribution in [-0.2, 0) is 0 Å². The van der Waals surface area contributed by atoms with Gasteiger partial charge in [0.2, 0.25) is 0 Å². The maximum atomic E-state index is 9.88. The zero-order valence-corrected chi connectivity index (χ0v) is 11.3. The SMILES string of the molecule is CN(C)C(C)(C)CNCC(O)c1cccs1. The fourth-order valence-corrected chi connectivity index (χ4v) is 1.97. The molecular weight excluding hydrogens is 220 g/mol. The molecule has 0 radical (unpaired) electrons. The van der Waals surface area contributed by atoms with Crippen molar-refractivity contribution in [2.75, 3.05) is 27.2 Å². The molecule has 2 N–H and O–H groups in total. The molecule has 3 nitrogen and oxygen atoms in total. The van der Waals surface area contributed by atoms with E-state index in [9.17, 15) is 5.11 Å². The highest BCUT2D eigenvalue weighted by atomic mass is 32.1. The summed E-state index contributed by atoms with van der Waals surface area (Å²) in [6.07, 6.45) is -0.391. The molecule has 0 aliphatic carbocycles. The van der Waals surface area contributed by atoms with E-state index in [1.807, 2.05) is 17.5 Å². The highest BCUT2D eigenvalue weighted by Crippen LogP contribution is 2.18. The van der Waals surface area contributed by atoms with Gasteiger partial charge in [0.15, 0.2) is 0 Å². The highest BCUT2D eigenvalue weighted by Gasteiger charge is 2.20. The van der Waals surface area contributed by atoms with Crippen molar-refractivity contribution in [1.29, 1.82) is 0 Å². The summed E-state index contributed by atoms with van der Waals surface area (Å²) in [7, 11) is 4.13. The molecule has 0 saturated heterocycles. The Morgan fingerprint density at radius 3 is 2.69 bits per heavy atom. The summed E-state index contributed by atoms with van der Waals surface area (Å²) in [6, 6.07) is 3.93. The first kappa shape index (κ1) is 13.6. The predicted octanol–water partition coefficient (Wildman–Crippen LogP) is 1.71. The van der Waals surface area contributed by atoms with Crippen LogP contribution in [0.1, 0.15) is 24.8 Å². The number of nitrogens with one attached hydrogen (secondary N) is 1. The quantitative estimate of drug-likeness (QED) is 0.797. The molecule has 0 saturated carbocycles. The van der Waals surface area contributed by atoms with Crippen LogP contribution in [0.15, 0.2) is 17.5 Å². The Bertz CT molecular complexity index is 296. The first-order valence-corrected chi connectivity index (χ1v) is 6.41. The number of hydrogen-bond donors (Lipinski definition) is 2. The van der Waals surface area contributed by atoms with Crippen molar-refractivity contribution in [3.05, 3.63) is 22.4 Å². The summed E-state index contributed by atoms with van der Waals surface area (Å²) < 4.78 is 0. The van der Waals surface area contributed by atoms with Crippen LogP contribution >= 0.6 is 11.3 Å². The molecule has 0 spiro atoms. The second-order valence-electron chi connectivity index (χ2n) is 4.87. The summed E-state index contributed by atoms with van der Waals surface area (Å²) in [5, 5.41) is 15.2. The molecule has 0 aliphatic rings. The second-order valence-corrected chi connectivity index (χ2v) is 5.85. The van der Waals surface area contributed by atoms with Crippen LogP contribution in [0.5, 0.6) is 0 Å². The van der Waals surface area contributed by atoms with Gasteiger partial charge in [-0.05, 0) is 39.4 Å². The van der Waals surface area contributed by atoms with Gasteiger partial charge in [-0.25, -0.2) is 0 Å². The van der Waals surface area contributed by atoms with E-state index in [0.717, 1.165) is 11.4 Å². The van der Waals surface area contributed by atoms with Crippen molar-refractivity contribution >= 4 is 11.3 Å². The van der Waals surface area contributed by atoms with E-state index < -0.39 is 6.10 Å². The van der Waals surface area contributed by atoms with E-state index in [4.69, 9.17) is 0 Å². The Kier molecular flexibility index (Phi) is 4.92. The maximum absolute atomic E-state index is 9.88. The summed E-state index contributed by atoms with van der Waals surface area (Å²) in [5.74, 6) is 0. The van der Waals surface area contributed by atoms with E-state index in [2.05, 4.69) is 38.2 Å². The van der Waals surface area contributed by atoms with Gasteiger partial charge in [-0.1, -0.05) is 6.07 Å². The third-order valence-corrected chi connectivity index (χ3v) is 3.95. The number of aliphatic hydroxyl groups is 1. The Morgan fingerprint density at radius 2 is 2.19 bits per heavy atom. The molecule has 0 bridgehead atoms. The van der Waals surface area contributed by atoms with Gasteiger partial charge < -0.3 is 15.3 Å².